The minimum absolute atomic E-state index is 0.167. The first-order chi connectivity index (χ1) is 13.3. The van der Waals surface area contributed by atoms with Gasteiger partial charge in [0, 0.05) is 62.7 Å². The minimum Gasteiger partial charge on any atom is -0.342 e. The van der Waals surface area contributed by atoms with Gasteiger partial charge in [-0.1, -0.05) is 6.07 Å². The molecule has 0 bridgehead atoms. The summed E-state index contributed by atoms with van der Waals surface area (Å²) < 4.78 is 2.19. The Kier molecular flexibility index (Phi) is 5.23. The van der Waals surface area contributed by atoms with Crippen LogP contribution in [0, 0.1) is 0 Å². The summed E-state index contributed by atoms with van der Waals surface area (Å²) in [5.41, 5.74) is 2.16. The van der Waals surface area contributed by atoms with Gasteiger partial charge in [-0.2, -0.15) is 0 Å². The topological polar surface area (TPSA) is 63.9 Å². The van der Waals surface area contributed by atoms with Crippen LogP contribution < -0.4 is 0 Å². The Bertz CT molecular complexity index is 878. The molecule has 1 fully saturated rings. The summed E-state index contributed by atoms with van der Waals surface area (Å²) in [4.78, 5) is 27.5. The average molecular weight is 361 g/mol. The molecular formula is C21H23N5O. The number of imidazole rings is 1. The average Bonchev–Trinajstić information content (AvgIpc) is 3.18. The van der Waals surface area contributed by atoms with Gasteiger partial charge in [0.1, 0.15) is 5.82 Å². The number of aromatic nitrogens is 4. The Morgan fingerprint density at radius 2 is 1.96 bits per heavy atom. The van der Waals surface area contributed by atoms with Crippen LogP contribution in [0.25, 0.3) is 0 Å². The van der Waals surface area contributed by atoms with Crippen molar-refractivity contribution in [2.24, 2.45) is 0 Å². The highest BCUT2D eigenvalue weighted by molar-refractivity contribution is 5.78. The predicted molar refractivity (Wildman–Crippen MR) is 102 cm³/mol. The summed E-state index contributed by atoms with van der Waals surface area (Å²) in [6.07, 6.45) is 13.5. The highest BCUT2D eigenvalue weighted by Gasteiger charge is 2.27. The SMILES string of the molecule is O=C(Cc1cccnc1)N1CCC[C@@H](c2nccn2Cc2ccncc2)C1. The van der Waals surface area contributed by atoms with Crippen molar-refractivity contribution in [3.8, 4) is 0 Å². The summed E-state index contributed by atoms with van der Waals surface area (Å²) in [6.45, 7) is 2.32. The van der Waals surface area contributed by atoms with E-state index in [0.29, 0.717) is 6.42 Å². The zero-order valence-corrected chi connectivity index (χ0v) is 15.2. The lowest BCUT2D eigenvalue weighted by Gasteiger charge is -2.33. The largest absolute Gasteiger partial charge is 0.342 e. The Hall–Kier alpha value is -3.02. The van der Waals surface area contributed by atoms with Crippen molar-refractivity contribution in [1.82, 2.24) is 24.4 Å². The van der Waals surface area contributed by atoms with Crippen LogP contribution in [0.15, 0.2) is 61.4 Å². The highest BCUT2D eigenvalue weighted by atomic mass is 16.2. The maximum Gasteiger partial charge on any atom is 0.227 e. The molecule has 138 valence electrons. The number of carbonyl (C=O) groups excluding carboxylic acids is 1. The minimum atomic E-state index is 0.167. The lowest BCUT2D eigenvalue weighted by molar-refractivity contribution is -0.131. The van der Waals surface area contributed by atoms with Gasteiger partial charge < -0.3 is 9.47 Å². The molecule has 3 aromatic heterocycles. The van der Waals surface area contributed by atoms with Crippen LogP contribution >= 0.6 is 0 Å². The second kappa shape index (κ2) is 8.12. The van der Waals surface area contributed by atoms with Gasteiger partial charge in [-0.3, -0.25) is 14.8 Å². The number of likely N-dealkylation sites (tertiary alicyclic amines) is 1. The van der Waals surface area contributed by atoms with Crippen LogP contribution in [0.5, 0.6) is 0 Å². The molecule has 1 aliphatic rings. The molecule has 4 heterocycles. The monoisotopic (exact) mass is 361 g/mol. The zero-order valence-electron chi connectivity index (χ0n) is 15.2. The zero-order chi connectivity index (χ0) is 18.5. The Morgan fingerprint density at radius 1 is 1.07 bits per heavy atom. The molecule has 0 spiro atoms. The Labute approximate surface area is 158 Å². The molecule has 0 aromatic carbocycles. The van der Waals surface area contributed by atoms with Crippen molar-refractivity contribution >= 4 is 5.91 Å². The van der Waals surface area contributed by atoms with Crippen LogP contribution in [-0.2, 0) is 17.8 Å². The van der Waals surface area contributed by atoms with Crippen LogP contribution in [0.2, 0.25) is 0 Å². The summed E-state index contributed by atoms with van der Waals surface area (Å²) in [7, 11) is 0. The molecule has 1 saturated heterocycles. The number of carbonyl (C=O) groups is 1. The second-order valence-corrected chi connectivity index (χ2v) is 6.99. The molecule has 1 aliphatic heterocycles. The lowest BCUT2D eigenvalue weighted by atomic mass is 9.96. The molecule has 0 saturated carbocycles. The van der Waals surface area contributed by atoms with Crippen molar-refractivity contribution in [3.05, 3.63) is 78.4 Å². The van der Waals surface area contributed by atoms with E-state index in [1.807, 2.05) is 54.0 Å². The molecule has 0 N–H and O–H groups in total. The molecule has 0 aliphatic carbocycles. The third kappa shape index (κ3) is 4.22. The van der Waals surface area contributed by atoms with Crippen LogP contribution in [0.1, 0.15) is 35.7 Å². The molecule has 6 nitrogen and oxygen atoms in total. The van der Waals surface area contributed by atoms with Gasteiger partial charge in [0.05, 0.1) is 6.42 Å². The Balaban J connectivity index is 1.44. The number of piperidine rings is 1. The van der Waals surface area contributed by atoms with Crippen molar-refractivity contribution in [1.29, 1.82) is 0 Å². The molecule has 4 rings (SSSR count). The van der Waals surface area contributed by atoms with Gasteiger partial charge in [0.15, 0.2) is 0 Å². The fraction of sp³-hybridized carbons (Fsp3) is 0.333. The number of nitrogens with zero attached hydrogens (tertiary/aromatic N) is 5. The van der Waals surface area contributed by atoms with E-state index in [0.717, 1.165) is 43.9 Å². The maximum atomic E-state index is 12.7. The van der Waals surface area contributed by atoms with E-state index in [-0.39, 0.29) is 11.8 Å². The van der Waals surface area contributed by atoms with Crippen molar-refractivity contribution in [2.45, 2.75) is 31.7 Å². The fourth-order valence-corrected chi connectivity index (χ4v) is 3.70. The predicted octanol–water partition coefficient (Wildman–Crippen LogP) is 2.67. The number of pyridine rings is 2. The molecule has 3 aromatic rings. The van der Waals surface area contributed by atoms with E-state index >= 15 is 0 Å². The molecule has 6 heteroatoms. The molecule has 0 unspecified atom stereocenters. The molecule has 0 radical (unpaired) electrons. The van der Waals surface area contributed by atoms with E-state index in [1.54, 1.807) is 12.4 Å². The smallest absolute Gasteiger partial charge is 0.227 e. The van der Waals surface area contributed by atoms with Crippen LogP contribution in [0.4, 0.5) is 0 Å². The van der Waals surface area contributed by atoms with Gasteiger partial charge in [0.25, 0.3) is 0 Å². The maximum absolute atomic E-state index is 12.7. The first-order valence-corrected chi connectivity index (χ1v) is 9.36. The van der Waals surface area contributed by atoms with Gasteiger partial charge in [-0.05, 0) is 42.2 Å². The number of hydrogen-bond acceptors (Lipinski definition) is 4. The fourth-order valence-electron chi connectivity index (χ4n) is 3.70. The third-order valence-corrected chi connectivity index (χ3v) is 5.07. The normalized spacial score (nSPS) is 17.0. The number of amides is 1. The molecule has 27 heavy (non-hydrogen) atoms. The van der Waals surface area contributed by atoms with E-state index in [4.69, 9.17) is 0 Å². The standard InChI is InChI=1S/C21H23N5O/c27-20(13-18-3-1-7-23-14-18)25-11-2-4-19(16-25)21-24-10-12-26(21)15-17-5-8-22-9-6-17/h1,3,5-10,12,14,19H,2,4,11,13,15-16H2/t19-/m1/s1. The van der Waals surface area contributed by atoms with Gasteiger partial charge >= 0.3 is 0 Å². The summed E-state index contributed by atoms with van der Waals surface area (Å²) in [5.74, 6) is 1.50. The van der Waals surface area contributed by atoms with Gasteiger partial charge in [0.2, 0.25) is 5.91 Å². The summed E-state index contributed by atoms with van der Waals surface area (Å²) >= 11 is 0. The molecule has 1 amide bonds. The van der Waals surface area contributed by atoms with Crippen molar-refractivity contribution in [3.63, 3.8) is 0 Å². The van der Waals surface area contributed by atoms with Gasteiger partial charge in [-0.15, -0.1) is 0 Å². The van der Waals surface area contributed by atoms with E-state index in [9.17, 15) is 4.79 Å². The quantitative estimate of drug-likeness (QED) is 0.701. The van der Waals surface area contributed by atoms with E-state index in [1.165, 1.54) is 5.56 Å². The van der Waals surface area contributed by atoms with Crippen molar-refractivity contribution in [2.75, 3.05) is 13.1 Å². The molecule has 1 atom stereocenters. The lowest BCUT2D eigenvalue weighted by Crippen LogP contribution is -2.40. The summed E-state index contributed by atoms with van der Waals surface area (Å²) in [5, 5.41) is 0. The summed E-state index contributed by atoms with van der Waals surface area (Å²) in [6, 6.07) is 7.87. The van der Waals surface area contributed by atoms with Crippen LogP contribution in [0.3, 0.4) is 0 Å². The van der Waals surface area contributed by atoms with Crippen molar-refractivity contribution < 1.29 is 4.79 Å². The second-order valence-electron chi connectivity index (χ2n) is 6.99. The third-order valence-electron chi connectivity index (χ3n) is 5.07. The molecular weight excluding hydrogens is 338 g/mol. The highest BCUT2D eigenvalue weighted by Crippen LogP contribution is 2.26. The van der Waals surface area contributed by atoms with Crippen LogP contribution in [-0.4, -0.2) is 43.4 Å². The first kappa shape index (κ1) is 17.4. The van der Waals surface area contributed by atoms with E-state index in [2.05, 4.69) is 19.5 Å². The number of hydrogen-bond donors (Lipinski definition) is 0. The van der Waals surface area contributed by atoms with E-state index < -0.39 is 0 Å². The Morgan fingerprint density at radius 3 is 2.78 bits per heavy atom. The first-order valence-electron chi connectivity index (χ1n) is 9.36. The number of rotatable bonds is 5. The van der Waals surface area contributed by atoms with Gasteiger partial charge in [-0.25, -0.2) is 4.98 Å².